The lowest BCUT2D eigenvalue weighted by Crippen LogP contribution is -2.69. The first-order valence-corrected chi connectivity index (χ1v) is 19.7. The maximum atomic E-state index is 14.2. The highest BCUT2D eigenvalue weighted by Crippen LogP contribution is 2.57. The van der Waals surface area contributed by atoms with Crippen molar-refractivity contribution in [1.29, 1.82) is 0 Å². The average Bonchev–Trinajstić information content (AvgIpc) is 3.69. The number of likely N-dealkylation sites (N-methyl/N-ethyl adjacent to an activating group) is 1. The number of carbonyl (C=O) groups excluding carboxylic acids is 3. The van der Waals surface area contributed by atoms with Gasteiger partial charge in [0.05, 0.1) is 33.3 Å². The van der Waals surface area contributed by atoms with Crippen LogP contribution in [0.4, 0.5) is 0 Å². The lowest BCUT2D eigenvalue weighted by Gasteiger charge is -2.57. The van der Waals surface area contributed by atoms with Crippen LogP contribution < -0.4 is 4.74 Å². The number of nitrogens with one attached hydrogen (secondary N) is 2. The Kier molecular flexibility index (Phi) is 8.22. The van der Waals surface area contributed by atoms with Crippen molar-refractivity contribution < 1.29 is 28.6 Å². The standard InChI is InChI=1S/C43H52N4O6/c1-7-22-15-24-20-43(42(50)53-6)38-26(13-14-47(39(22)43)40(24)48)28-17-29(35(51-4)19-33(28)45-38)30-16-27-23(8-2)21-46(3)34(36(27)41(49)52-5)18-31-25-11-9-10-12-32(25)44-37(30)31/h9-12,17,19,22-24,27,30,34,36,39,44-45H,7-8,13-16,18,20-21H2,1-6H3. The first-order valence-electron chi connectivity index (χ1n) is 19.7. The van der Waals surface area contributed by atoms with E-state index in [1.165, 1.54) is 30.9 Å². The van der Waals surface area contributed by atoms with E-state index in [0.717, 1.165) is 77.6 Å². The largest absolute Gasteiger partial charge is 0.496 e. The van der Waals surface area contributed by atoms with Crippen LogP contribution in [0.5, 0.6) is 5.75 Å². The normalized spacial score (nSPS) is 32.1. The molecule has 4 fully saturated rings. The summed E-state index contributed by atoms with van der Waals surface area (Å²) in [6.07, 6.45) is 5.28. The van der Waals surface area contributed by atoms with Crippen LogP contribution in [0.3, 0.4) is 0 Å². The summed E-state index contributed by atoms with van der Waals surface area (Å²) in [5.41, 5.74) is 6.53. The van der Waals surface area contributed by atoms with Crippen LogP contribution in [0.2, 0.25) is 0 Å². The number of aromatic amines is 2. The Morgan fingerprint density at radius 1 is 0.943 bits per heavy atom. The third kappa shape index (κ3) is 4.76. The van der Waals surface area contributed by atoms with Gasteiger partial charge >= 0.3 is 11.9 Å². The fourth-order valence-electron chi connectivity index (χ4n) is 12.2. The number of hydrogen-bond donors (Lipinski definition) is 2. The van der Waals surface area contributed by atoms with Gasteiger partial charge in [-0.25, -0.2) is 0 Å². The van der Waals surface area contributed by atoms with Crippen molar-refractivity contribution in [3.63, 3.8) is 0 Å². The molecule has 10 heteroatoms. The molecule has 10 rings (SSSR count). The van der Waals surface area contributed by atoms with E-state index in [2.05, 4.69) is 72.2 Å². The van der Waals surface area contributed by atoms with E-state index in [-0.39, 0.29) is 59.5 Å². The van der Waals surface area contributed by atoms with Crippen molar-refractivity contribution in [3.05, 3.63) is 64.5 Å². The maximum Gasteiger partial charge on any atom is 0.319 e. The number of amides is 1. The number of hydrogen-bond acceptors (Lipinski definition) is 7. The van der Waals surface area contributed by atoms with E-state index < -0.39 is 5.41 Å². The zero-order valence-corrected chi connectivity index (χ0v) is 31.8. The molecule has 53 heavy (non-hydrogen) atoms. The molecule has 1 amide bonds. The third-order valence-corrected chi connectivity index (χ3v) is 14.5. The first kappa shape index (κ1) is 34.5. The van der Waals surface area contributed by atoms with E-state index in [1.54, 1.807) is 7.11 Å². The minimum Gasteiger partial charge on any atom is -0.496 e. The second-order valence-electron chi connectivity index (χ2n) is 16.6. The molecule has 6 heterocycles. The van der Waals surface area contributed by atoms with Crippen molar-refractivity contribution in [2.75, 3.05) is 41.5 Å². The second-order valence-corrected chi connectivity index (χ2v) is 16.6. The van der Waals surface area contributed by atoms with Crippen LogP contribution in [0.25, 0.3) is 21.8 Å². The molecule has 4 aromatic rings. The van der Waals surface area contributed by atoms with Crippen LogP contribution in [0.15, 0.2) is 36.4 Å². The molecule has 6 aliphatic rings. The fourth-order valence-corrected chi connectivity index (χ4v) is 12.2. The van der Waals surface area contributed by atoms with E-state index in [9.17, 15) is 14.4 Å². The number of carbonyl (C=O) groups is 3. The van der Waals surface area contributed by atoms with E-state index in [4.69, 9.17) is 14.2 Å². The Balaban J connectivity index is 1.27. The lowest BCUT2D eigenvalue weighted by molar-refractivity contribution is -0.172. The Morgan fingerprint density at radius 2 is 1.74 bits per heavy atom. The van der Waals surface area contributed by atoms with Crippen LogP contribution in [-0.2, 0) is 42.1 Å². The van der Waals surface area contributed by atoms with E-state index >= 15 is 0 Å². The minimum atomic E-state index is -0.958. The number of fused-ring (bicyclic) bond motifs is 9. The van der Waals surface area contributed by atoms with Crippen LogP contribution in [0.1, 0.15) is 79.9 Å². The number of likely N-dealkylation sites (tertiary alicyclic amines) is 1. The van der Waals surface area contributed by atoms with Gasteiger partial charge in [-0.3, -0.25) is 14.4 Å². The Morgan fingerprint density at radius 3 is 2.47 bits per heavy atom. The van der Waals surface area contributed by atoms with E-state index in [0.29, 0.717) is 25.3 Å². The number of esters is 2. The number of aromatic nitrogens is 2. The minimum absolute atomic E-state index is 0.0211. The number of para-hydroxylation sites is 1. The molecular formula is C43H52N4O6. The average molecular weight is 721 g/mol. The number of H-pyrrole nitrogens is 2. The number of nitrogens with zero attached hydrogens (tertiary/aromatic N) is 2. The maximum absolute atomic E-state index is 14.2. The van der Waals surface area contributed by atoms with Gasteiger partial charge in [0.2, 0.25) is 5.91 Å². The van der Waals surface area contributed by atoms with Crippen molar-refractivity contribution in [3.8, 4) is 5.75 Å². The quantitative estimate of drug-likeness (QED) is 0.232. The van der Waals surface area contributed by atoms with Gasteiger partial charge in [0.15, 0.2) is 0 Å². The van der Waals surface area contributed by atoms with Crippen molar-refractivity contribution >= 4 is 39.7 Å². The van der Waals surface area contributed by atoms with Gasteiger partial charge in [-0.15, -0.1) is 0 Å². The van der Waals surface area contributed by atoms with E-state index in [1.807, 2.05) is 4.90 Å². The van der Waals surface area contributed by atoms with Gasteiger partial charge in [0, 0.05) is 75.8 Å². The van der Waals surface area contributed by atoms with Crippen molar-refractivity contribution in [2.45, 2.75) is 82.2 Å². The Labute approximate surface area is 310 Å². The molecule has 2 aromatic carbocycles. The van der Waals surface area contributed by atoms with Crippen molar-refractivity contribution in [2.24, 2.45) is 29.6 Å². The molecule has 9 atom stereocenters. The lowest BCUT2D eigenvalue weighted by atomic mass is 9.56. The zero-order valence-electron chi connectivity index (χ0n) is 31.8. The number of ether oxygens (including phenoxy) is 3. The highest BCUT2D eigenvalue weighted by atomic mass is 16.5. The van der Waals surface area contributed by atoms with Crippen LogP contribution >= 0.6 is 0 Å². The molecule has 2 N–H and O–H groups in total. The zero-order chi connectivity index (χ0) is 36.9. The van der Waals surface area contributed by atoms with Gasteiger partial charge in [-0.1, -0.05) is 44.9 Å². The molecule has 4 aliphatic heterocycles. The monoisotopic (exact) mass is 720 g/mol. The molecule has 10 nitrogen and oxygen atoms in total. The molecule has 1 saturated carbocycles. The van der Waals surface area contributed by atoms with Crippen molar-refractivity contribution in [1.82, 2.24) is 19.8 Å². The predicted octanol–water partition coefficient (Wildman–Crippen LogP) is 6.10. The summed E-state index contributed by atoms with van der Waals surface area (Å²) in [7, 11) is 6.90. The van der Waals surface area contributed by atoms with Gasteiger partial charge < -0.3 is 34.0 Å². The fraction of sp³-hybridized carbons (Fsp3) is 0.558. The Hall–Kier alpha value is -4.31. The molecule has 3 saturated heterocycles. The summed E-state index contributed by atoms with van der Waals surface area (Å²) in [5, 5.41) is 2.24. The Bertz CT molecular complexity index is 2140. The summed E-state index contributed by atoms with van der Waals surface area (Å²) in [4.78, 5) is 53.9. The van der Waals surface area contributed by atoms with Gasteiger partial charge in [0.1, 0.15) is 11.2 Å². The third-order valence-electron chi connectivity index (χ3n) is 14.5. The summed E-state index contributed by atoms with van der Waals surface area (Å²) in [6, 6.07) is 12.7. The molecule has 2 aliphatic carbocycles. The summed E-state index contributed by atoms with van der Waals surface area (Å²) < 4.78 is 17.5. The summed E-state index contributed by atoms with van der Waals surface area (Å²) >= 11 is 0. The summed E-state index contributed by atoms with van der Waals surface area (Å²) in [6.45, 7) is 5.91. The first-order chi connectivity index (χ1) is 25.7. The molecular weight excluding hydrogens is 668 g/mol. The van der Waals surface area contributed by atoms with Gasteiger partial charge in [0.25, 0.3) is 0 Å². The predicted molar refractivity (Wildman–Crippen MR) is 202 cm³/mol. The number of piperidine rings is 3. The molecule has 0 radical (unpaired) electrons. The molecule has 280 valence electrons. The molecule has 6 bridgehead atoms. The number of benzene rings is 2. The smallest absolute Gasteiger partial charge is 0.319 e. The van der Waals surface area contributed by atoms with Gasteiger partial charge in [-0.2, -0.15) is 0 Å². The second kappa shape index (κ2) is 12.6. The molecule has 9 unspecified atom stereocenters. The highest BCUT2D eigenvalue weighted by molar-refractivity contribution is 5.96. The van der Waals surface area contributed by atoms with Crippen LogP contribution in [-0.4, -0.2) is 91.2 Å². The van der Waals surface area contributed by atoms with Crippen LogP contribution in [0, 0.1) is 29.6 Å². The molecule has 2 aromatic heterocycles. The van der Waals surface area contributed by atoms with Gasteiger partial charge in [-0.05, 0) is 80.2 Å². The SMILES string of the molecule is CCC1CN(C)C2Cc3c([nH]c4ccccc34)C(c3cc4c5c([nH]c4cc3OC)C3(C(=O)OC)CC4CC(CC)C3N(CC5)C4=O)CC1C2C(=O)OC. The highest BCUT2D eigenvalue weighted by Gasteiger charge is 2.65. The topological polar surface area (TPSA) is 117 Å². The molecule has 0 spiro atoms. The number of rotatable bonds is 6. The number of methoxy groups -OCH3 is 3. The summed E-state index contributed by atoms with van der Waals surface area (Å²) in [5.74, 6) is 0.644.